The van der Waals surface area contributed by atoms with Crippen LogP contribution in [0.2, 0.25) is 0 Å². The number of rotatable bonds is 4. The summed E-state index contributed by atoms with van der Waals surface area (Å²) in [6, 6.07) is 1.93. The zero-order chi connectivity index (χ0) is 18.2. The van der Waals surface area contributed by atoms with E-state index in [4.69, 9.17) is 4.98 Å². The molecule has 3 heterocycles. The van der Waals surface area contributed by atoms with E-state index in [-0.39, 0.29) is 11.0 Å². The molecule has 0 radical (unpaired) electrons. The Morgan fingerprint density at radius 3 is 2.48 bits per heavy atom. The van der Waals surface area contributed by atoms with E-state index in [1.165, 1.54) is 0 Å². The SMILES string of the molecule is CC(C)(C)CC(C)(C)Nc1c(-c2cnccc2Br)nc2cnccn12. The van der Waals surface area contributed by atoms with Gasteiger partial charge in [0, 0.05) is 40.4 Å². The van der Waals surface area contributed by atoms with Gasteiger partial charge in [-0.2, -0.15) is 0 Å². The lowest BCUT2D eigenvalue weighted by Crippen LogP contribution is -2.36. The van der Waals surface area contributed by atoms with Crippen LogP contribution in [0.3, 0.4) is 0 Å². The van der Waals surface area contributed by atoms with Gasteiger partial charge in [-0.05, 0) is 47.7 Å². The van der Waals surface area contributed by atoms with Gasteiger partial charge in [-0.3, -0.25) is 14.4 Å². The van der Waals surface area contributed by atoms with E-state index in [0.717, 1.165) is 33.6 Å². The summed E-state index contributed by atoms with van der Waals surface area (Å²) < 4.78 is 3.02. The van der Waals surface area contributed by atoms with E-state index in [9.17, 15) is 0 Å². The molecule has 0 unspecified atom stereocenters. The third-order valence-corrected chi connectivity index (χ3v) is 4.57. The lowest BCUT2D eigenvalue weighted by molar-refractivity contribution is 0.302. The van der Waals surface area contributed by atoms with Crippen molar-refractivity contribution in [1.29, 1.82) is 0 Å². The molecule has 0 amide bonds. The van der Waals surface area contributed by atoms with Gasteiger partial charge >= 0.3 is 0 Å². The highest BCUT2D eigenvalue weighted by molar-refractivity contribution is 9.10. The second kappa shape index (κ2) is 6.41. The molecular weight excluding hydrogens is 378 g/mol. The molecular formula is C19H24BrN5. The monoisotopic (exact) mass is 401 g/mol. The number of fused-ring (bicyclic) bond motifs is 1. The fourth-order valence-electron chi connectivity index (χ4n) is 3.46. The van der Waals surface area contributed by atoms with Crippen molar-refractivity contribution in [2.24, 2.45) is 5.41 Å². The third kappa shape index (κ3) is 4.00. The summed E-state index contributed by atoms with van der Waals surface area (Å²) in [7, 11) is 0. The first-order valence-electron chi connectivity index (χ1n) is 8.36. The number of nitrogens with one attached hydrogen (secondary N) is 1. The van der Waals surface area contributed by atoms with Crippen molar-refractivity contribution < 1.29 is 0 Å². The summed E-state index contributed by atoms with van der Waals surface area (Å²) >= 11 is 3.62. The maximum absolute atomic E-state index is 4.79. The molecule has 0 saturated carbocycles. The number of hydrogen-bond donors (Lipinski definition) is 1. The first-order chi connectivity index (χ1) is 11.7. The fourth-order valence-corrected chi connectivity index (χ4v) is 3.86. The van der Waals surface area contributed by atoms with Crippen molar-refractivity contribution in [2.45, 2.75) is 46.6 Å². The maximum Gasteiger partial charge on any atom is 0.157 e. The van der Waals surface area contributed by atoms with Crippen LogP contribution in [0.15, 0.2) is 41.5 Å². The van der Waals surface area contributed by atoms with E-state index < -0.39 is 0 Å². The second-order valence-corrected chi connectivity index (χ2v) is 9.07. The average Bonchev–Trinajstić information content (AvgIpc) is 2.83. The molecule has 6 heteroatoms. The van der Waals surface area contributed by atoms with Gasteiger partial charge in [-0.1, -0.05) is 20.8 Å². The Bertz CT molecular complexity index is 892. The summed E-state index contributed by atoms with van der Waals surface area (Å²) in [4.78, 5) is 13.3. The molecule has 3 aromatic rings. The van der Waals surface area contributed by atoms with Crippen LogP contribution < -0.4 is 5.32 Å². The molecule has 5 nitrogen and oxygen atoms in total. The number of aromatic nitrogens is 4. The number of nitrogens with zero attached hydrogens (tertiary/aromatic N) is 4. The van der Waals surface area contributed by atoms with Crippen LogP contribution in [0, 0.1) is 5.41 Å². The molecule has 0 fully saturated rings. The van der Waals surface area contributed by atoms with Crippen molar-refractivity contribution in [1.82, 2.24) is 19.4 Å². The van der Waals surface area contributed by atoms with Gasteiger partial charge in [-0.25, -0.2) is 4.98 Å². The minimum atomic E-state index is -0.0963. The predicted octanol–water partition coefficient (Wildman–Crippen LogP) is 5.18. The molecule has 132 valence electrons. The standard InChI is InChI=1S/C19H24BrN5/c1-18(2,3)12-19(4,5)24-17-16(13-10-21-7-6-14(13)20)23-15-11-22-8-9-25(15)17/h6-11,24H,12H2,1-5H3. The Hall–Kier alpha value is -1.95. The molecule has 0 atom stereocenters. The van der Waals surface area contributed by atoms with Crippen molar-refractivity contribution >= 4 is 27.4 Å². The first kappa shape index (κ1) is 17.9. The zero-order valence-corrected chi connectivity index (χ0v) is 16.9. The number of anilines is 1. The molecule has 0 aliphatic heterocycles. The van der Waals surface area contributed by atoms with Gasteiger partial charge in [0.15, 0.2) is 5.65 Å². The predicted molar refractivity (Wildman–Crippen MR) is 106 cm³/mol. The molecule has 0 saturated heterocycles. The summed E-state index contributed by atoms with van der Waals surface area (Å²) in [5, 5.41) is 3.72. The van der Waals surface area contributed by atoms with Crippen molar-refractivity contribution in [3.8, 4) is 11.3 Å². The molecule has 0 aliphatic carbocycles. The average molecular weight is 402 g/mol. The van der Waals surface area contributed by atoms with Crippen molar-refractivity contribution in [3.63, 3.8) is 0 Å². The number of hydrogen-bond acceptors (Lipinski definition) is 4. The Morgan fingerprint density at radius 1 is 1.08 bits per heavy atom. The molecule has 3 rings (SSSR count). The Balaban J connectivity index is 2.13. The fraction of sp³-hybridized carbons (Fsp3) is 0.421. The Morgan fingerprint density at radius 2 is 1.80 bits per heavy atom. The third-order valence-electron chi connectivity index (χ3n) is 3.88. The minimum absolute atomic E-state index is 0.0963. The second-order valence-electron chi connectivity index (χ2n) is 8.22. The van der Waals surface area contributed by atoms with Crippen LogP contribution in [0.5, 0.6) is 0 Å². The Labute approximate surface area is 157 Å². The lowest BCUT2D eigenvalue weighted by atomic mass is 9.82. The molecule has 1 N–H and O–H groups in total. The van der Waals surface area contributed by atoms with E-state index in [2.05, 4.69) is 65.8 Å². The summed E-state index contributed by atoms with van der Waals surface area (Å²) in [5.74, 6) is 0.959. The van der Waals surface area contributed by atoms with Gasteiger partial charge in [0.05, 0.1) is 6.20 Å². The van der Waals surface area contributed by atoms with Gasteiger partial charge in [0.25, 0.3) is 0 Å². The Kier molecular flexibility index (Phi) is 4.58. The van der Waals surface area contributed by atoms with E-state index >= 15 is 0 Å². The molecule has 0 aromatic carbocycles. The maximum atomic E-state index is 4.79. The van der Waals surface area contributed by atoms with Gasteiger partial charge in [0.2, 0.25) is 0 Å². The van der Waals surface area contributed by atoms with Crippen LogP contribution >= 0.6 is 15.9 Å². The summed E-state index contributed by atoms with van der Waals surface area (Å²) in [6.07, 6.45) is 10.1. The van der Waals surface area contributed by atoms with Gasteiger partial charge < -0.3 is 5.32 Å². The number of halogens is 1. The molecule has 25 heavy (non-hydrogen) atoms. The van der Waals surface area contributed by atoms with Crippen LogP contribution in [-0.2, 0) is 0 Å². The molecule has 3 aromatic heterocycles. The highest BCUT2D eigenvalue weighted by atomic mass is 79.9. The first-order valence-corrected chi connectivity index (χ1v) is 9.16. The molecule has 0 bridgehead atoms. The lowest BCUT2D eigenvalue weighted by Gasteiger charge is -2.34. The highest BCUT2D eigenvalue weighted by Gasteiger charge is 2.28. The quantitative estimate of drug-likeness (QED) is 0.653. The molecule has 0 aliphatic rings. The smallest absolute Gasteiger partial charge is 0.157 e. The van der Waals surface area contributed by atoms with Gasteiger partial charge in [0.1, 0.15) is 11.5 Å². The van der Waals surface area contributed by atoms with E-state index in [1.54, 1.807) is 18.6 Å². The summed E-state index contributed by atoms with van der Waals surface area (Å²) in [5.41, 5.74) is 2.76. The molecule has 0 spiro atoms. The topological polar surface area (TPSA) is 55.1 Å². The minimum Gasteiger partial charge on any atom is -0.364 e. The number of imidazole rings is 1. The number of pyridine rings is 1. The van der Waals surface area contributed by atoms with E-state index in [0.29, 0.717) is 0 Å². The van der Waals surface area contributed by atoms with Crippen LogP contribution in [-0.4, -0.2) is 24.9 Å². The van der Waals surface area contributed by atoms with Crippen LogP contribution in [0.1, 0.15) is 41.0 Å². The van der Waals surface area contributed by atoms with Crippen LogP contribution in [0.4, 0.5) is 5.82 Å². The van der Waals surface area contributed by atoms with Crippen LogP contribution in [0.25, 0.3) is 16.9 Å². The largest absolute Gasteiger partial charge is 0.364 e. The normalized spacial score (nSPS) is 12.6. The summed E-state index contributed by atoms with van der Waals surface area (Å²) in [6.45, 7) is 11.2. The zero-order valence-electron chi connectivity index (χ0n) is 15.3. The van der Waals surface area contributed by atoms with Gasteiger partial charge in [-0.15, -0.1) is 0 Å². The van der Waals surface area contributed by atoms with E-state index in [1.807, 2.05) is 22.9 Å². The highest BCUT2D eigenvalue weighted by Crippen LogP contribution is 2.36. The van der Waals surface area contributed by atoms with Crippen molar-refractivity contribution in [2.75, 3.05) is 5.32 Å². The van der Waals surface area contributed by atoms with Crippen molar-refractivity contribution in [3.05, 3.63) is 41.5 Å².